The van der Waals surface area contributed by atoms with Crippen molar-refractivity contribution in [3.05, 3.63) is 42.2 Å². The van der Waals surface area contributed by atoms with Crippen LogP contribution in [-0.2, 0) is 20.0 Å². The molecule has 0 atom stereocenters. The van der Waals surface area contributed by atoms with Crippen molar-refractivity contribution >= 4 is 5.82 Å². The first-order valence-electron chi connectivity index (χ1n) is 6.89. The number of hydrogen-bond donors (Lipinski definition) is 1. The molecule has 0 unspecified atom stereocenters. The topological polar surface area (TPSA) is 75.5 Å². The molecule has 0 aliphatic carbocycles. The first-order chi connectivity index (χ1) is 10.3. The summed E-state index contributed by atoms with van der Waals surface area (Å²) < 4.78 is 1.93. The van der Waals surface area contributed by atoms with Crippen molar-refractivity contribution in [2.75, 3.05) is 11.4 Å². The molecule has 7 nitrogen and oxygen atoms in total. The molecule has 0 amide bonds. The molecule has 1 N–H and O–H groups in total. The van der Waals surface area contributed by atoms with Crippen molar-refractivity contribution in [3.8, 4) is 11.5 Å². The van der Waals surface area contributed by atoms with Crippen LogP contribution in [0.25, 0.3) is 11.5 Å². The molecule has 0 aromatic carbocycles. The van der Waals surface area contributed by atoms with E-state index in [-0.39, 0.29) is 0 Å². The van der Waals surface area contributed by atoms with Gasteiger partial charge in [0, 0.05) is 32.4 Å². The Kier molecular flexibility index (Phi) is 2.70. The normalized spacial score (nSPS) is 14.2. The summed E-state index contributed by atoms with van der Waals surface area (Å²) in [5.74, 6) is 1.71. The highest BCUT2D eigenvalue weighted by Crippen LogP contribution is 2.21. The number of aryl methyl sites for hydroxylation is 1. The van der Waals surface area contributed by atoms with Crippen LogP contribution in [0, 0.1) is 0 Å². The van der Waals surface area contributed by atoms with Crippen molar-refractivity contribution in [1.82, 2.24) is 29.7 Å². The summed E-state index contributed by atoms with van der Waals surface area (Å²) in [5, 5.41) is 8.65. The number of rotatable bonds is 2. The highest BCUT2D eigenvalue weighted by molar-refractivity contribution is 5.52. The van der Waals surface area contributed by atoms with Gasteiger partial charge in [0.25, 0.3) is 0 Å². The van der Waals surface area contributed by atoms with Gasteiger partial charge in [0.15, 0.2) is 11.6 Å². The minimum Gasteiger partial charge on any atom is -0.349 e. The summed E-state index contributed by atoms with van der Waals surface area (Å²) >= 11 is 0. The largest absolute Gasteiger partial charge is 0.349 e. The van der Waals surface area contributed by atoms with Gasteiger partial charge in [0.1, 0.15) is 5.69 Å². The standard InChI is InChI=1S/C14H15N7/c1-20-7-5-15-14(20)11-2-3-13(19-18-11)21-6-4-10-12(8-21)17-9-16-10/h2-3,5,7,9H,4,6,8H2,1H3,(H,16,17). The van der Waals surface area contributed by atoms with E-state index in [1.54, 1.807) is 12.5 Å². The predicted octanol–water partition coefficient (Wildman–Crippen LogP) is 1.16. The van der Waals surface area contributed by atoms with Gasteiger partial charge in [0.05, 0.1) is 24.3 Å². The smallest absolute Gasteiger partial charge is 0.160 e. The van der Waals surface area contributed by atoms with E-state index >= 15 is 0 Å². The number of aromatic amines is 1. The lowest BCUT2D eigenvalue weighted by atomic mass is 10.1. The monoisotopic (exact) mass is 281 g/mol. The van der Waals surface area contributed by atoms with Gasteiger partial charge < -0.3 is 14.5 Å². The molecule has 0 radical (unpaired) electrons. The summed E-state index contributed by atoms with van der Waals surface area (Å²) in [7, 11) is 1.95. The van der Waals surface area contributed by atoms with Crippen LogP contribution in [0.2, 0.25) is 0 Å². The maximum Gasteiger partial charge on any atom is 0.160 e. The Balaban J connectivity index is 1.59. The number of nitrogens with zero attached hydrogens (tertiary/aromatic N) is 6. The number of fused-ring (bicyclic) bond motifs is 1. The molecule has 0 bridgehead atoms. The fourth-order valence-electron chi connectivity index (χ4n) is 2.63. The van der Waals surface area contributed by atoms with Gasteiger partial charge in [-0.05, 0) is 12.1 Å². The fourth-order valence-corrected chi connectivity index (χ4v) is 2.63. The molecule has 1 aliphatic rings. The molecule has 0 saturated heterocycles. The van der Waals surface area contributed by atoms with Crippen LogP contribution in [-0.4, -0.2) is 36.3 Å². The van der Waals surface area contributed by atoms with Crippen molar-refractivity contribution in [2.24, 2.45) is 7.05 Å². The highest BCUT2D eigenvalue weighted by Gasteiger charge is 2.19. The first kappa shape index (κ1) is 12.1. The Morgan fingerprint density at radius 1 is 1.19 bits per heavy atom. The molecule has 21 heavy (non-hydrogen) atoms. The van der Waals surface area contributed by atoms with Crippen LogP contribution in [0.3, 0.4) is 0 Å². The van der Waals surface area contributed by atoms with E-state index < -0.39 is 0 Å². The molecule has 0 saturated carbocycles. The zero-order valence-corrected chi connectivity index (χ0v) is 11.7. The molecular weight excluding hydrogens is 266 g/mol. The van der Waals surface area contributed by atoms with Crippen molar-refractivity contribution < 1.29 is 0 Å². The molecule has 7 heteroatoms. The number of hydrogen-bond acceptors (Lipinski definition) is 5. The molecule has 4 heterocycles. The lowest BCUT2D eigenvalue weighted by molar-refractivity contribution is 0.694. The maximum atomic E-state index is 4.35. The number of anilines is 1. The number of imidazole rings is 2. The van der Waals surface area contributed by atoms with E-state index in [2.05, 4.69) is 30.0 Å². The molecule has 106 valence electrons. The summed E-state index contributed by atoms with van der Waals surface area (Å²) in [4.78, 5) is 14.0. The number of nitrogens with one attached hydrogen (secondary N) is 1. The minimum absolute atomic E-state index is 0.783. The van der Waals surface area contributed by atoms with Crippen LogP contribution in [0.1, 0.15) is 11.4 Å². The third kappa shape index (κ3) is 2.06. The van der Waals surface area contributed by atoms with Gasteiger partial charge >= 0.3 is 0 Å². The summed E-state index contributed by atoms with van der Waals surface area (Å²) in [6.07, 6.45) is 6.34. The van der Waals surface area contributed by atoms with E-state index in [0.717, 1.165) is 48.2 Å². The van der Waals surface area contributed by atoms with Gasteiger partial charge in [-0.15, -0.1) is 10.2 Å². The van der Waals surface area contributed by atoms with Crippen LogP contribution in [0.4, 0.5) is 5.82 Å². The number of aromatic nitrogens is 6. The van der Waals surface area contributed by atoms with Gasteiger partial charge in [-0.1, -0.05) is 0 Å². The Morgan fingerprint density at radius 3 is 2.90 bits per heavy atom. The Labute approximate surface area is 121 Å². The first-order valence-corrected chi connectivity index (χ1v) is 6.89. The molecule has 3 aromatic heterocycles. The van der Waals surface area contributed by atoms with Gasteiger partial charge in [0.2, 0.25) is 0 Å². The van der Waals surface area contributed by atoms with E-state index in [1.165, 1.54) is 0 Å². The van der Waals surface area contributed by atoms with Gasteiger partial charge in [-0.3, -0.25) is 0 Å². The van der Waals surface area contributed by atoms with Crippen LogP contribution in [0.5, 0.6) is 0 Å². The molecule has 3 aromatic rings. The fraction of sp³-hybridized carbons (Fsp3) is 0.286. The molecule has 1 aliphatic heterocycles. The minimum atomic E-state index is 0.783. The third-order valence-electron chi connectivity index (χ3n) is 3.80. The zero-order valence-electron chi connectivity index (χ0n) is 11.7. The number of H-pyrrole nitrogens is 1. The van der Waals surface area contributed by atoms with E-state index in [1.807, 2.05) is 29.9 Å². The van der Waals surface area contributed by atoms with Crippen LogP contribution >= 0.6 is 0 Å². The quantitative estimate of drug-likeness (QED) is 0.763. The second kappa shape index (κ2) is 4.69. The second-order valence-electron chi connectivity index (χ2n) is 5.14. The predicted molar refractivity (Wildman–Crippen MR) is 77.6 cm³/mol. The van der Waals surface area contributed by atoms with Crippen molar-refractivity contribution in [1.29, 1.82) is 0 Å². The Morgan fingerprint density at radius 2 is 2.14 bits per heavy atom. The summed E-state index contributed by atoms with van der Waals surface area (Å²) in [5.41, 5.74) is 3.10. The summed E-state index contributed by atoms with van der Waals surface area (Å²) in [6.45, 7) is 1.71. The lowest BCUT2D eigenvalue weighted by Gasteiger charge is -2.26. The third-order valence-corrected chi connectivity index (χ3v) is 3.80. The maximum absolute atomic E-state index is 4.35. The Hall–Kier alpha value is -2.70. The average Bonchev–Trinajstić information content (AvgIpc) is 3.15. The van der Waals surface area contributed by atoms with E-state index in [9.17, 15) is 0 Å². The Bertz CT molecular complexity index is 756. The van der Waals surface area contributed by atoms with E-state index in [4.69, 9.17) is 0 Å². The van der Waals surface area contributed by atoms with Crippen LogP contribution in [0.15, 0.2) is 30.9 Å². The van der Waals surface area contributed by atoms with Crippen molar-refractivity contribution in [3.63, 3.8) is 0 Å². The second-order valence-corrected chi connectivity index (χ2v) is 5.14. The SMILES string of the molecule is Cn1ccnc1-c1ccc(N2CCc3nc[nH]c3C2)nn1. The average molecular weight is 281 g/mol. The summed E-state index contributed by atoms with van der Waals surface area (Å²) in [6, 6.07) is 3.96. The van der Waals surface area contributed by atoms with Gasteiger partial charge in [-0.25, -0.2) is 9.97 Å². The van der Waals surface area contributed by atoms with Gasteiger partial charge in [-0.2, -0.15) is 0 Å². The van der Waals surface area contributed by atoms with Crippen molar-refractivity contribution in [2.45, 2.75) is 13.0 Å². The zero-order chi connectivity index (χ0) is 14.2. The molecular formula is C14H15N7. The van der Waals surface area contributed by atoms with E-state index in [0.29, 0.717) is 0 Å². The van der Waals surface area contributed by atoms with Crippen LogP contribution < -0.4 is 4.90 Å². The molecule has 0 fully saturated rings. The lowest BCUT2D eigenvalue weighted by Crippen LogP contribution is -2.31. The molecule has 0 spiro atoms. The highest BCUT2D eigenvalue weighted by atomic mass is 15.3. The molecule has 4 rings (SSSR count).